The first-order valence-corrected chi connectivity index (χ1v) is 7.51. The number of furan rings is 1. The summed E-state index contributed by atoms with van der Waals surface area (Å²) in [5, 5.41) is 3.27. The summed E-state index contributed by atoms with van der Waals surface area (Å²) in [4.78, 5) is 9.24. The molecule has 0 radical (unpaired) electrons. The molecule has 0 aliphatic rings. The van der Waals surface area contributed by atoms with Crippen LogP contribution in [0.4, 0.5) is 5.82 Å². The van der Waals surface area contributed by atoms with Crippen LogP contribution in [0.15, 0.2) is 21.0 Å². The first-order chi connectivity index (χ1) is 9.32. The third-order valence-electron chi connectivity index (χ3n) is 2.87. The van der Waals surface area contributed by atoms with Gasteiger partial charge in [-0.25, -0.2) is 9.97 Å². The minimum atomic E-state index is -0.0810. The first kappa shape index (κ1) is 15.0. The summed E-state index contributed by atoms with van der Waals surface area (Å²) >= 11 is 3.61. The molecule has 4 nitrogen and oxygen atoms in total. The quantitative estimate of drug-likeness (QED) is 0.893. The van der Waals surface area contributed by atoms with Crippen LogP contribution >= 0.6 is 15.9 Å². The number of hydrogen-bond donors (Lipinski definition) is 1. The molecule has 0 aliphatic carbocycles. The van der Waals surface area contributed by atoms with Gasteiger partial charge in [0.1, 0.15) is 11.6 Å². The van der Waals surface area contributed by atoms with E-state index in [2.05, 4.69) is 52.0 Å². The van der Waals surface area contributed by atoms with Gasteiger partial charge in [-0.15, -0.1) is 0 Å². The lowest BCUT2D eigenvalue weighted by Gasteiger charge is -2.21. The van der Waals surface area contributed by atoms with Gasteiger partial charge in [0.2, 0.25) is 0 Å². The molecular weight excluding hydrogens is 318 g/mol. The fraction of sp³-hybridized carbons (Fsp3) is 0.467. The fourth-order valence-corrected chi connectivity index (χ4v) is 2.81. The highest BCUT2D eigenvalue weighted by molar-refractivity contribution is 9.10. The van der Waals surface area contributed by atoms with Crippen molar-refractivity contribution in [2.24, 2.45) is 0 Å². The molecule has 0 saturated carbocycles. The van der Waals surface area contributed by atoms with Crippen molar-refractivity contribution in [1.82, 2.24) is 9.97 Å². The van der Waals surface area contributed by atoms with Gasteiger partial charge >= 0.3 is 0 Å². The predicted molar refractivity (Wildman–Crippen MR) is 85.0 cm³/mol. The van der Waals surface area contributed by atoms with Crippen LogP contribution in [0.3, 0.4) is 0 Å². The van der Waals surface area contributed by atoms with Gasteiger partial charge < -0.3 is 9.73 Å². The fourth-order valence-electron chi connectivity index (χ4n) is 1.89. The molecular formula is C15H20BrN3O. The van der Waals surface area contributed by atoms with Gasteiger partial charge in [0.25, 0.3) is 0 Å². The molecule has 0 fully saturated rings. The standard InChI is InChI=1S/C15H20BrN3O/c1-6-17-14-11(16)12(15(3,4)5)18-13(19-14)10-8-7-9(2)20-10/h7-8H,6H2,1-5H3,(H,17,18,19). The molecule has 2 aromatic heterocycles. The Hall–Kier alpha value is -1.36. The summed E-state index contributed by atoms with van der Waals surface area (Å²) in [6, 6.07) is 3.82. The highest BCUT2D eigenvalue weighted by atomic mass is 79.9. The second kappa shape index (κ2) is 5.56. The highest BCUT2D eigenvalue weighted by Gasteiger charge is 2.24. The SMILES string of the molecule is CCNc1nc(-c2ccc(C)o2)nc(C(C)(C)C)c1Br. The molecule has 0 spiro atoms. The van der Waals surface area contributed by atoms with E-state index >= 15 is 0 Å². The lowest BCUT2D eigenvalue weighted by atomic mass is 9.92. The third kappa shape index (κ3) is 3.03. The molecule has 0 bridgehead atoms. The average molecular weight is 338 g/mol. The van der Waals surface area contributed by atoms with Crippen molar-refractivity contribution in [3.8, 4) is 11.6 Å². The maximum absolute atomic E-state index is 5.64. The Morgan fingerprint density at radius 3 is 2.45 bits per heavy atom. The monoisotopic (exact) mass is 337 g/mol. The Morgan fingerprint density at radius 1 is 1.25 bits per heavy atom. The van der Waals surface area contributed by atoms with E-state index in [1.807, 2.05) is 26.0 Å². The topological polar surface area (TPSA) is 51.0 Å². The zero-order valence-electron chi connectivity index (χ0n) is 12.5. The van der Waals surface area contributed by atoms with Crippen LogP contribution in [0.25, 0.3) is 11.6 Å². The van der Waals surface area contributed by atoms with E-state index in [1.54, 1.807) is 0 Å². The molecule has 0 aliphatic heterocycles. The molecule has 108 valence electrons. The maximum atomic E-state index is 5.64. The van der Waals surface area contributed by atoms with Crippen molar-refractivity contribution in [1.29, 1.82) is 0 Å². The molecule has 5 heteroatoms. The van der Waals surface area contributed by atoms with E-state index in [1.165, 1.54) is 0 Å². The van der Waals surface area contributed by atoms with Crippen LogP contribution < -0.4 is 5.32 Å². The summed E-state index contributed by atoms with van der Waals surface area (Å²) in [7, 11) is 0. The van der Waals surface area contributed by atoms with Gasteiger partial charge in [0.05, 0.1) is 10.2 Å². The van der Waals surface area contributed by atoms with Crippen LogP contribution in [0.2, 0.25) is 0 Å². The Labute approximate surface area is 128 Å². The van der Waals surface area contributed by atoms with Crippen molar-refractivity contribution in [3.05, 3.63) is 28.1 Å². The van der Waals surface area contributed by atoms with E-state index in [0.717, 1.165) is 28.3 Å². The molecule has 1 N–H and O–H groups in total. The molecule has 0 aromatic carbocycles. The number of nitrogens with one attached hydrogen (secondary N) is 1. The molecule has 20 heavy (non-hydrogen) atoms. The normalized spacial score (nSPS) is 11.7. The molecule has 2 rings (SSSR count). The number of anilines is 1. The average Bonchev–Trinajstić information content (AvgIpc) is 2.77. The van der Waals surface area contributed by atoms with E-state index in [-0.39, 0.29) is 5.41 Å². The Bertz CT molecular complexity index is 614. The summed E-state index contributed by atoms with van der Waals surface area (Å²) in [6.45, 7) is 11.2. The number of rotatable bonds is 3. The Morgan fingerprint density at radius 2 is 1.95 bits per heavy atom. The van der Waals surface area contributed by atoms with Crippen molar-refractivity contribution in [2.75, 3.05) is 11.9 Å². The molecule has 0 unspecified atom stereocenters. The smallest absolute Gasteiger partial charge is 0.197 e. The molecule has 2 aromatic rings. The van der Waals surface area contributed by atoms with Crippen molar-refractivity contribution < 1.29 is 4.42 Å². The van der Waals surface area contributed by atoms with Crippen LogP contribution in [0.5, 0.6) is 0 Å². The molecule has 0 atom stereocenters. The van der Waals surface area contributed by atoms with Gasteiger partial charge in [-0.3, -0.25) is 0 Å². The van der Waals surface area contributed by atoms with Crippen LogP contribution in [0, 0.1) is 6.92 Å². The van der Waals surface area contributed by atoms with Gasteiger partial charge in [-0.1, -0.05) is 20.8 Å². The predicted octanol–water partition coefficient (Wildman–Crippen LogP) is 4.54. The summed E-state index contributed by atoms with van der Waals surface area (Å²) in [5.41, 5.74) is 0.884. The zero-order chi connectivity index (χ0) is 14.9. The number of aromatic nitrogens is 2. The molecule has 2 heterocycles. The second-order valence-electron chi connectivity index (χ2n) is 5.75. The lowest BCUT2D eigenvalue weighted by Crippen LogP contribution is -2.17. The number of halogens is 1. The van der Waals surface area contributed by atoms with Crippen molar-refractivity contribution in [3.63, 3.8) is 0 Å². The largest absolute Gasteiger partial charge is 0.458 e. The Kier molecular flexibility index (Phi) is 4.18. The van der Waals surface area contributed by atoms with Crippen molar-refractivity contribution in [2.45, 2.75) is 40.0 Å². The van der Waals surface area contributed by atoms with E-state index in [9.17, 15) is 0 Å². The van der Waals surface area contributed by atoms with E-state index in [0.29, 0.717) is 11.6 Å². The lowest BCUT2D eigenvalue weighted by molar-refractivity contribution is 0.537. The maximum Gasteiger partial charge on any atom is 0.197 e. The minimum absolute atomic E-state index is 0.0810. The van der Waals surface area contributed by atoms with E-state index in [4.69, 9.17) is 4.42 Å². The molecule has 0 saturated heterocycles. The number of hydrogen-bond acceptors (Lipinski definition) is 4. The number of nitrogens with zero attached hydrogens (tertiary/aromatic N) is 2. The third-order valence-corrected chi connectivity index (χ3v) is 3.62. The number of aryl methyl sites for hydroxylation is 1. The zero-order valence-corrected chi connectivity index (χ0v) is 14.1. The molecule has 0 amide bonds. The summed E-state index contributed by atoms with van der Waals surface area (Å²) in [6.07, 6.45) is 0. The summed E-state index contributed by atoms with van der Waals surface area (Å²) < 4.78 is 6.56. The van der Waals surface area contributed by atoms with Gasteiger partial charge in [0.15, 0.2) is 11.6 Å². The van der Waals surface area contributed by atoms with Gasteiger partial charge in [-0.05, 0) is 41.9 Å². The van der Waals surface area contributed by atoms with Gasteiger partial charge in [0, 0.05) is 12.0 Å². The highest BCUT2D eigenvalue weighted by Crippen LogP contribution is 2.34. The summed E-state index contributed by atoms with van der Waals surface area (Å²) in [5.74, 6) is 2.96. The van der Waals surface area contributed by atoms with Crippen LogP contribution in [-0.2, 0) is 5.41 Å². The van der Waals surface area contributed by atoms with Gasteiger partial charge in [-0.2, -0.15) is 0 Å². The minimum Gasteiger partial charge on any atom is -0.458 e. The Balaban J connectivity index is 2.61. The second-order valence-corrected chi connectivity index (χ2v) is 6.54. The first-order valence-electron chi connectivity index (χ1n) is 6.71. The van der Waals surface area contributed by atoms with Crippen molar-refractivity contribution >= 4 is 21.7 Å². The van der Waals surface area contributed by atoms with E-state index < -0.39 is 0 Å². The van der Waals surface area contributed by atoms with Crippen LogP contribution in [-0.4, -0.2) is 16.5 Å². The van der Waals surface area contributed by atoms with Crippen LogP contribution in [0.1, 0.15) is 39.1 Å².